The van der Waals surface area contributed by atoms with E-state index in [1.807, 2.05) is 75.4 Å². The van der Waals surface area contributed by atoms with E-state index in [0.29, 0.717) is 0 Å². The fraction of sp³-hybridized carbons (Fsp3) is 0.500. The molecule has 0 aliphatic heterocycles. The first-order valence-electron chi connectivity index (χ1n) is 13.2. The Kier molecular flexibility index (Phi) is 11.2. The number of aryl methyl sites for hydroxylation is 1. The summed E-state index contributed by atoms with van der Waals surface area (Å²) in [6, 6.07) is 15.3. The molecular formula is C30H43N3O4. The number of nitrogens with one attached hydrogen (secondary N) is 2. The summed E-state index contributed by atoms with van der Waals surface area (Å²) < 4.78 is 5.46. The van der Waals surface area contributed by atoms with E-state index in [0.717, 1.165) is 29.5 Å². The molecule has 0 fully saturated rings. The number of likely N-dealkylation sites (N-methyl/N-ethyl adjacent to an activating group) is 1. The molecule has 2 rings (SSSR count). The van der Waals surface area contributed by atoms with Crippen molar-refractivity contribution in [2.75, 3.05) is 6.54 Å². The summed E-state index contributed by atoms with van der Waals surface area (Å²) in [6.07, 6.45) is 1.37. The Hall–Kier alpha value is -3.35. The van der Waals surface area contributed by atoms with Crippen molar-refractivity contribution < 1.29 is 19.1 Å². The van der Waals surface area contributed by atoms with Gasteiger partial charge < -0.3 is 20.3 Å². The molecule has 0 aromatic heterocycles. The third-order valence-electron chi connectivity index (χ3n) is 6.05. The van der Waals surface area contributed by atoms with Gasteiger partial charge in [-0.15, -0.1) is 0 Å². The fourth-order valence-electron chi connectivity index (χ4n) is 4.34. The van der Waals surface area contributed by atoms with Gasteiger partial charge in [0.1, 0.15) is 17.7 Å². The van der Waals surface area contributed by atoms with Gasteiger partial charge in [0.15, 0.2) is 0 Å². The van der Waals surface area contributed by atoms with E-state index >= 15 is 0 Å². The van der Waals surface area contributed by atoms with Crippen LogP contribution >= 0.6 is 0 Å². The Balaban J connectivity index is 2.47. The first-order valence-corrected chi connectivity index (χ1v) is 13.2. The summed E-state index contributed by atoms with van der Waals surface area (Å²) in [5, 5.41) is 5.87. The van der Waals surface area contributed by atoms with Crippen molar-refractivity contribution in [3.05, 3.63) is 71.3 Å². The minimum atomic E-state index is -0.912. The number of carbonyl (C=O) groups excluding carboxylic acids is 3. The summed E-state index contributed by atoms with van der Waals surface area (Å²) >= 11 is 0. The van der Waals surface area contributed by atoms with Crippen LogP contribution in [-0.2, 0) is 20.7 Å². The third-order valence-corrected chi connectivity index (χ3v) is 6.05. The first kappa shape index (κ1) is 29.9. The molecule has 7 nitrogen and oxygen atoms in total. The highest BCUT2D eigenvalue weighted by Crippen LogP contribution is 2.26. The van der Waals surface area contributed by atoms with Gasteiger partial charge in [-0.1, -0.05) is 67.9 Å². The van der Waals surface area contributed by atoms with Crippen molar-refractivity contribution in [3.63, 3.8) is 0 Å². The van der Waals surface area contributed by atoms with Gasteiger partial charge in [0.25, 0.3) is 0 Å². The summed E-state index contributed by atoms with van der Waals surface area (Å²) in [7, 11) is 0. The summed E-state index contributed by atoms with van der Waals surface area (Å²) in [5.41, 5.74) is 1.85. The van der Waals surface area contributed by atoms with Crippen LogP contribution in [0.25, 0.3) is 0 Å². The summed E-state index contributed by atoms with van der Waals surface area (Å²) in [4.78, 5) is 42.1. The smallest absolute Gasteiger partial charge is 0.408 e. The van der Waals surface area contributed by atoms with Crippen molar-refractivity contribution in [2.45, 2.75) is 91.5 Å². The van der Waals surface area contributed by atoms with E-state index < -0.39 is 23.8 Å². The maximum atomic E-state index is 14.1. The third kappa shape index (κ3) is 9.23. The average molecular weight is 510 g/mol. The van der Waals surface area contributed by atoms with Crippen molar-refractivity contribution in [1.82, 2.24) is 15.5 Å². The van der Waals surface area contributed by atoms with Crippen molar-refractivity contribution in [2.24, 2.45) is 0 Å². The molecule has 0 aliphatic rings. The Bertz CT molecular complexity index is 1030. The predicted molar refractivity (Wildman–Crippen MR) is 147 cm³/mol. The molecule has 2 aromatic carbocycles. The Morgan fingerprint density at radius 1 is 0.946 bits per heavy atom. The van der Waals surface area contributed by atoms with Crippen molar-refractivity contribution in [1.29, 1.82) is 0 Å². The van der Waals surface area contributed by atoms with Gasteiger partial charge in [-0.05, 0) is 64.7 Å². The van der Waals surface area contributed by atoms with Crippen LogP contribution in [0, 0.1) is 6.92 Å². The SMILES string of the molecule is CCCC(C)NC(=O)C(c1ccccc1C)N(CC)C(=O)C(Cc1ccccc1)NC(=O)OC(C)(C)C. The van der Waals surface area contributed by atoms with Crippen molar-refractivity contribution in [3.8, 4) is 0 Å². The number of amides is 3. The van der Waals surface area contributed by atoms with Crippen LogP contribution in [0.15, 0.2) is 54.6 Å². The van der Waals surface area contributed by atoms with Gasteiger partial charge in [-0.25, -0.2) is 4.79 Å². The molecule has 7 heteroatoms. The van der Waals surface area contributed by atoms with E-state index in [4.69, 9.17) is 4.74 Å². The lowest BCUT2D eigenvalue weighted by Crippen LogP contribution is -2.54. The molecular weight excluding hydrogens is 466 g/mol. The van der Waals surface area contributed by atoms with Crippen LogP contribution in [0.2, 0.25) is 0 Å². The molecule has 0 bridgehead atoms. The van der Waals surface area contributed by atoms with Crippen molar-refractivity contribution >= 4 is 17.9 Å². The van der Waals surface area contributed by atoms with Gasteiger partial charge >= 0.3 is 6.09 Å². The first-order chi connectivity index (χ1) is 17.5. The molecule has 37 heavy (non-hydrogen) atoms. The minimum Gasteiger partial charge on any atom is -0.444 e. The molecule has 3 amide bonds. The fourth-order valence-corrected chi connectivity index (χ4v) is 4.34. The van der Waals surface area contributed by atoms with E-state index in [2.05, 4.69) is 17.6 Å². The number of nitrogens with zero attached hydrogens (tertiary/aromatic N) is 1. The maximum absolute atomic E-state index is 14.1. The number of rotatable bonds is 11. The highest BCUT2D eigenvalue weighted by atomic mass is 16.6. The van der Waals surface area contributed by atoms with E-state index in [-0.39, 0.29) is 30.8 Å². The number of hydrogen-bond acceptors (Lipinski definition) is 4. The predicted octanol–water partition coefficient (Wildman–Crippen LogP) is 5.33. The molecule has 0 radical (unpaired) electrons. The lowest BCUT2D eigenvalue weighted by molar-refractivity contribution is -0.142. The molecule has 0 heterocycles. The molecule has 0 saturated heterocycles. The maximum Gasteiger partial charge on any atom is 0.408 e. The number of benzene rings is 2. The molecule has 0 saturated carbocycles. The van der Waals surface area contributed by atoms with Crippen LogP contribution in [0.4, 0.5) is 4.79 Å². The second-order valence-corrected chi connectivity index (χ2v) is 10.5. The number of hydrogen-bond donors (Lipinski definition) is 2. The van der Waals surface area contributed by atoms with Crippen LogP contribution in [0.1, 0.15) is 77.1 Å². The zero-order valence-electron chi connectivity index (χ0n) is 23.3. The van der Waals surface area contributed by atoms with E-state index in [1.165, 1.54) is 0 Å². The Morgan fingerprint density at radius 3 is 2.14 bits per heavy atom. The molecule has 3 unspecified atom stereocenters. The van der Waals surface area contributed by atoms with Gasteiger partial charge in [0, 0.05) is 19.0 Å². The van der Waals surface area contributed by atoms with Crippen LogP contribution in [-0.4, -0.2) is 47.0 Å². The zero-order chi connectivity index (χ0) is 27.6. The minimum absolute atomic E-state index is 0.0298. The number of alkyl carbamates (subject to hydrolysis) is 1. The Morgan fingerprint density at radius 2 is 1.57 bits per heavy atom. The highest BCUT2D eigenvalue weighted by Gasteiger charge is 2.36. The topological polar surface area (TPSA) is 87.7 Å². The monoisotopic (exact) mass is 509 g/mol. The van der Waals surface area contributed by atoms with E-state index in [1.54, 1.807) is 25.7 Å². The molecule has 3 atom stereocenters. The van der Waals surface area contributed by atoms with Gasteiger partial charge in [0.05, 0.1) is 0 Å². The largest absolute Gasteiger partial charge is 0.444 e. The second-order valence-electron chi connectivity index (χ2n) is 10.5. The normalized spacial score (nSPS) is 13.7. The van der Waals surface area contributed by atoms with Gasteiger partial charge in [0.2, 0.25) is 11.8 Å². The summed E-state index contributed by atoms with van der Waals surface area (Å²) in [6.45, 7) is 13.4. The molecule has 2 aromatic rings. The highest BCUT2D eigenvalue weighted by molar-refractivity contribution is 5.92. The van der Waals surface area contributed by atoms with Gasteiger partial charge in [-0.3, -0.25) is 9.59 Å². The molecule has 202 valence electrons. The molecule has 2 N–H and O–H groups in total. The summed E-state index contributed by atoms with van der Waals surface area (Å²) in [5.74, 6) is -0.579. The standard InChI is InChI=1S/C30H43N3O4/c1-8-15-22(4)31-27(34)26(24-19-14-13-16-21(24)3)33(9-2)28(35)25(20-23-17-11-10-12-18-23)32-29(36)37-30(5,6)7/h10-14,16-19,22,25-26H,8-9,15,20H2,1-7H3,(H,31,34)(H,32,36). The van der Waals surface area contributed by atoms with Crippen LogP contribution in [0.3, 0.4) is 0 Å². The lowest BCUT2D eigenvalue weighted by atomic mass is 9.97. The molecule has 0 aliphatic carbocycles. The Labute approximate surface area is 222 Å². The number of carbonyl (C=O) groups is 3. The molecule has 0 spiro atoms. The number of ether oxygens (including phenoxy) is 1. The van der Waals surface area contributed by atoms with Crippen LogP contribution in [0.5, 0.6) is 0 Å². The average Bonchev–Trinajstić information content (AvgIpc) is 2.82. The lowest BCUT2D eigenvalue weighted by Gasteiger charge is -2.35. The second kappa shape index (κ2) is 13.8. The quantitative estimate of drug-likeness (QED) is 0.429. The zero-order valence-corrected chi connectivity index (χ0v) is 23.3. The van der Waals surface area contributed by atoms with Gasteiger partial charge in [-0.2, -0.15) is 0 Å². The van der Waals surface area contributed by atoms with E-state index in [9.17, 15) is 14.4 Å². The van der Waals surface area contributed by atoms with Crippen LogP contribution < -0.4 is 10.6 Å².